The minimum absolute atomic E-state index is 0.593. The smallest absolute Gasteiger partial charge is 0.335 e. The third-order valence-electron chi connectivity index (χ3n) is 2.06. The number of nitro groups is 1. The van der Waals surface area contributed by atoms with Crippen LogP contribution in [0.25, 0.3) is 0 Å². The highest BCUT2D eigenvalue weighted by molar-refractivity contribution is 5.73. The van der Waals surface area contributed by atoms with Crippen molar-refractivity contribution >= 4 is 11.7 Å². The molecule has 1 rings (SSSR count). The number of aliphatic hydroxyl groups is 2. The van der Waals surface area contributed by atoms with Crippen LogP contribution < -0.4 is 0 Å². The zero-order valence-electron chi connectivity index (χ0n) is 8.28. The first-order valence-corrected chi connectivity index (χ1v) is 4.37. The van der Waals surface area contributed by atoms with Gasteiger partial charge in [0.05, 0.1) is 10.5 Å². The van der Waals surface area contributed by atoms with Crippen molar-refractivity contribution in [2.75, 3.05) is 0 Å². The van der Waals surface area contributed by atoms with Crippen LogP contribution in [-0.2, 0) is 4.79 Å². The molecule has 1 aromatic rings. The van der Waals surface area contributed by atoms with E-state index in [1.54, 1.807) is 0 Å². The van der Waals surface area contributed by atoms with Gasteiger partial charge in [0.2, 0.25) is 0 Å². The molecule has 0 aliphatic rings. The maximum Gasteiger partial charge on any atom is 0.335 e. The van der Waals surface area contributed by atoms with E-state index in [1.807, 2.05) is 0 Å². The number of hydrogen-bond acceptors (Lipinski definition) is 5. The molecule has 92 valence electrons. The van der Waals surface area contributed by atoms with Crippen molar-refractivity contribution in [1.82, 2.24) is 0 Å². The molecule has 1 aromatic carbocycles. The number of aliphatic hydroxyl groups excluding tert-OH is 2. The Kier molecular flexibility index (Phi) is 3.71. The molecule has 0 bridgehead atoms. The Morgan fingerprint density at radius 2 is 2.00 bits per heavy atom. The second-order valence-electron chi connectivity index (χ2n) is 3.19. The van der Waals surface area contributed by atoms with Crippen LogP contribution in [0.5, 0.6) is 0 Å². The molecule has 0 spiro atoms. The minimum atomic E-state index is -2.27. The van der Waals surface area contributed by atoms with Crippen molar-refractivity contribution in [3.05, 3.63) is 39.7 Å². The van der Waals surface area contributed by atoms with Gasteiger partial charge in [-0.3, -0.25) is 10.1 Å². The van der Waals surface area contributed by atoms with Crippen LogP contribution in [0.3, 0.4) is 0 Å². The number of halogens is 1. The van der Waals surface area contributed by atoms with Crippen LogP contribution in [0.4, 0.5) is 10.1 Å². The average molecular weight is 245 g/mol. The topological polar surface area (TPSA) is 121 Å². The quantitative estimate of drug-likeness (QED) is 0.515. The molecule has 7 nitrogen and oxygen atoms in total. The fraction of sp³-hybridized carbons (Fsp3) is 0.222. The highest BCUT2D eigenvalue weighted by atomic mass is 19.1. The van der Waals surface area contributed by atoms with E-state index in [9.17, 15) is 24.4 Å². The van der Waals surface area contributed by atoms with Crippen molar-refractivity contribution in [2.24, 2.45) is 0 Å². The van der Waals surface area contributed by atoms with Gasteiger partial charge in [0.1, 0.15) is 11.9 Å². The Hall–Kier alpha value is -2.06. The number of nitrogens with zero attached hydrogens (tertiary/aromatic N) is 1. The Bertz CT molecular complexity index is 463. The van der Waals surface area contributed by atoms with E-state index in [2.05, 4.69) is 0 Å². The first kappa shape index (κ1) is 13.0. The average Bonchev–Trinajstić information content (AvgIpc) is 2.26. The van der Waals surface area contributed by atoms with E-state index >= 15 is 0 Å². The van der Waals surface area contributed by atoms with Crippen LogP contribution in [0.1, 0.15) is 11.7 Å². The molecule has 3 N–H and O–H groups in total. The van der Waals surface area contributed by atoms with Crippen LogP contribution in [0.15, 0.2) is 18.2 Å². The Balaban J connectivity index is 3.23. The van der Waals surface area contributed by atoms with Crippen molar-refractivity contribution < 1.29 is 29.4 Å². The second-order valence-corrected chi connectivity index (χ2v) is 3.19. The standard InChI is InChI=1S/C9H8FNO6/c10-4-1-2-6(11(16)17)5(3-4)7(12)8(13)9(14)15/h1-3,7-8,12-13H,(H,14,15). The van der Waals surface area contributed by atoms with Gasteiger partial charge in [0, 0.05) is 6.07 Å². The van der Waals surface area contributed by atoms with Gasteiger partial charge in [-0.1, -0.05) is 0 Å². The van der Waals surface area contributed by atoms with Crippen LogP contribution >= 0.6 is 0 Å². The Labute approximate surface area is 93.9 Å². The largest absolute Gasteiger partial charge is 0.479 e. The summed E-state index contributed by atoms with van der Waals surface area (Å²) in [5.74, 6) is -2.65. The molecule has 8 heteroatoms. The predicted molar refractivity (Wildman–Crippen MR) is 51.7 cm³/mol. The molecule has 0 radical (unpaired) electrons. The van der Waals surface area contributed by atoms with Crippen molar-refractivity contribution in [3.8, 4) is 0 Å². The zero-order chi connectivity index (χ0) is 13.2. The number of carboxylic acids is 1. The molecule has 0 aliphatic carbocycles. The SMILES string of the molecule is O=C(O)C(O)C(O)c1cc(F)ccc1[N+](=O)[O-]. The molecule has 0 amide bonds. The Morgan fingerprint density at radius 1 is 1.41 bits per heavy atom. The predicted octanol–water partition coefficient (Wildman–Crippen LogP) is 0.213. The lowest BCUT2D eigenvalue weighted by molar-refractivity contribution is -0.386. The van der Waals surface area contributed by atoms with Crippen molar-refractivity contribution in [2.45, 2.75) is 12.2 Å². The lowest BCUT2D eigenvalue weighted by atomic mass is 10.0. The maximum absolute atomic E-state index is 12.9. The van der Waals surface area contributed by atoms with E-state index in [0.717, 1.165) is 12.1 Å². The highest BCUT2D eigenvalue weighted by Gasteiger charge is 2.31. The number of benzene rings is 1. The fourth-order valence-corrected chi connectivity index (χ4v) is 1.23. The number of aliphatic carboxylic acids is 1. The van der Waals surface area contributed by atoms with E-state index in [-0.39, 0.29) is 0 Å². The molecular formula is C9H8FNO6. The summed E-state index contributed by atoms with van der Waals surface area (Å²) in [7, 11) is 0. The monoisotopic (exact) mass is 245 g/mol. The van der Waals surface area contributed by atoms with Gasteiger partial charge < -0.3 is 15.3 Å². The molecule has 0 saturated heterocycles. The summed E-state index contributed by atoms with van der Waals surface area (Å²) in [6, 6.07) is 2.18. The molecule has 0 saturated carbocycles. The summed E-state index contributed by atoms with van der Waals surface area (Å²) >= 11 is 0. The lowest BCUT2D eigenvalue weighted by Crippen LogP contribution is -2.28. The number of rotatable bonds is 4. The van der Waals surface area contributed by atoms with Gasteiger partial charge in [-0.25, -0.2) is 9.18 Å². The third kappa shape index (κ3) is 2.74. The van der Waals surface area contributed by atoms with Crippen LogP contribution in [0.2, 0.25) is 0 Å². The van der Waals surface area contributed by atoms with E-state index in [1.165, 1.54) is 0 Å². The van der Waals surface area contributed by atoms with Crippen molar-refractivity contribution in [1.29, 1.82) is 0 Å². The maximum atomic E-state index is 12.9. The summed E-state index contributed by atoms with van der Waals surface area (Å²) in [6.07, 6.45) is -4.35. The minimum Gasteiger partial charge on any atom is -0.479 e. The number of hydrogen-bond donors (Lipinski definition) is 3. The number of nitro benzene ring substituents is 1. The van der Waals surface area contributed by atoms with Gasteiger partial charge in [-0.05, 0) is 12.1 Å². The molecular weight excluding hydrogens is 237 g/mol. The number of carboxylic acid groups (broad SMARTS) is 1. The summed E-state index contributed by atoms with van der Waals surface area (Å²) < 4.78 is 12.9. The highest BCUT2D eigenvalue weighted by Crippen LogP contribution is 2.28. The van der Waals surface area contributed by atoms with Crippen LogP contribution in [0, 0.1) is 15.9 Å². The van der Waals surface area contributed by atoms with E-state index < -0.39 is 40.2 Å². The first-order chi connectivity index (χ1) is 7.84. The molecule has 0 aliphatic heterocycles. The fourth-order valence-electron chi connectivity index (χ4n) is 1.23. The van der Waals surface area contributed by atoms with Crippen LogP contribution in [-0.4, -0.2) is 32.3 Å². The molecule has 0 heterocycles. The molecule has 0 aromatic heterocycles. The lowest BCUT2D eigenvalue weighted by Gasteiger charge is -2.14. The van der Waals surface area contributed by atoms with Gasteiger partial charge in [-0.2, -0.15) is 0 Å². The van der Waals surface area contributed by atoms with Crippen molar-refractivity contribution in [3.63, 3.8) is 0 Å². The number of carbonyl (C=O) groups is 1. The summed E-state index contributed by atoms with van der Waals surface area (Å²) in [6.45, 7) is 0. The summed E-state index contributed by atoms with van der Waals surface area (Å²) in [4.78, 5) is 20.1. The summed E-state index contributed by atoms with van der Waals surface area (Å²) in [5, 5.41) is 37.5. The first-order valence-electron chi connectivity index (χ1n) is 4.37. The Morgan fingerprint density at radius 3 is 2.47 bits per heavy atom. The van der Waals surface area contributed by atoms with Gasteiger partial charge in [-0.15, -0.1) is 0 Å². The molecule has 2 atom stereocenters. The van der Waals surface area contributed by atoms with Gasteiger partial charge in [0.25, 0.3) is 5.69 Å². The summed E-state index contributed by atoms with van der Waals surface area (Å²) in [5.41, 5.74) is -1.26. The van der Waals surface area contributed by atoms with E-state index in [4.69, 9.17) is 10.2 Å². The molecule has 0 fully saturated rings. The van der Waals surface area contributed by atoms with Gasteiger partial charge >= 0.3 is 5.97 Å². The normalized spacial score (nSPS) is 14.1. The zero-order valence-corrected chi connectivity index (χ0v) is 8.28. The third-order valence-corrected chi connectivity index (χ3v) is 2.06. The second kappa shape index (κ2) is 4.85. The van der Waals surface area contributed by atoms with Gasteiger partial charge in [0.15, 0.2) is 6.10 Å². The molecule has 17 heavy (non-hydrogen) atoms. The van der Waals surface area contributed by atoms with E-state index in [0.29, 0.717) is 6.07 Å². The molecule has 2 unspecified atom stereocenters.